The van der Waals surface area contributed by atoms with Gasteiger partial charge in [-0.3, -0.25) is 4.90 Å². The molecule has 1 N–H and O–H groups in total. The summed E-state index contributed by atoms with van der Waals surface area (Å²) in [7, 11) is 0. The Kier molecular flexibility index (Phi) is 7.32. The van der Waals surface area contributed by atoms with Gasteiger partial charge in [-0.25, -0.2) is 4.99 Å². The second kappa shape index (κ2) is 9.93. The lowest BCUT2D eigenvalue weighted by Gasteiger charge is -2.33. The van der Waals surface area contributed by atoms with Crippen LogP contribution in [0.4, 0.5) is 0 Å². The number of hydrogen-bond acceptors (Lipinski definition) is 3. The molecule has 1 aromatic rings. The van der Waals surface area contributed by atoms with Crippen LogP contribution in [0.2, 0.25) is 0 Å². The van der Waals surface area contributed by atoms with Gasteiger partial charge in [-0.1, -0.05) is 31.2 Å². The van der Waals surface area contributed by atoms with Gasteiger partial charge in [-0.05, 0) is 36.8 Å². The highest BCUT2D eigenvalue weighted by Gasteiger charge is 2.18. The Hall–Kier alpha value is -1.59. The molecule has 2 fully saturated rings. The maximum atomic E-state index is 5.42. The topological polar surface area (TPSA) is 40.1 Å². The van der Waals surface area contributed by atoms with Crippen LogP contribution in [-0.4, -0.2) is 61.7 Å². The second-order valence-electron chi connectivity index (χ2n) is 7.54. The lowest BCUT2D eigenvalue weighted by molar-refractivity contribution is 0.0342. The zero-order chi connectivity index (χ0) is 18.2. The molecule has 2 heterocycles. The third kappa shape index (κ3) is 5.71. The van der Waals surface area contributed by atoms with Gasteiger partial charge in [0.1, 0.15) is 0 Å². The molecular formula is C21H34N4O. The molecule has 0 saturated carbocycles. The van der Waals surface area contributed by atoms with E-state index in [1.807, 2.05) is 0 Å². The van der Waals surface area contributed by atoms with E-state index in [1.165, 1.54) is 24.0 Å². The van der Waals surface area contributed by atoms with Gasteiger partial charge in [-0.15, -0.1) is 0 Å². The molecule has 0 bridgehead atoms. The summed E-state index contributed by atoms with van der Waals surface area (Å²) in [5.74, 6) is 1.91. The van der Waals surface area contributed by atoms with Crippen molar-refractivity contribution in [2.45, 2.75) is 39.8 Å². The number of nitrogens with one attached hydrogen (secondary N) is 1. The van der Waals surface area contributed by atoms with Gasteiger partial charge in [0, 0.05) is 39.3 Å². The molecule has 2 saturated heterocycles. The molecule has 0 spiro atoms. The highest BCUT2D eigenvalue weighted by atomic mass is 16.5. The molecule has 144 valence electrons. The predicted octanol–water partition coefficient (Wildman–Crippen LogP) is 2.72. The first-order chi connectivity index (χ1) is 12.7. The Balaban J connectivity index is 1.55. The maximum absolute atomic E-state index is 5.42. The minimum absolute atomic E-state index is 0.742. The van der Waals surface area contributed by atoms with E-state index in [1.54, 1.807) is 0 Å². The van der Waals surface area contributed by atoms with Crippen LogP contribution in [0.25, 0.3) is 0 Å². The summed E-state index contributed by atoms with van der Waals surface area (Å²) >= 11 is 0. The monoisotopic (exact) mass is 358 g/mol. The molecule has 1 aromatic carbocycles. The molecule has 26 heavy (non-hydrogen) atoms. The highest BCUT2D eigenvalue weighted by Crippen LogP contribution is 2.16. The third-order valence-electron chi connectivity index (χ3n) is 5.36. The molecule has 0 aliphatic carbocycles. The number of guanidine groups is 1. The van der Waals surface area contributed by atoms with E-state index in [-0.39, 0.29) is 0 Å². The van der Waals surface area contributed by atoms with Crippen molar-refractivity contribution in [3.63, 3.8) is 0 Å². The van der Waals surface area contributed by atoms with E-state index in [9.17, 15) is 0 Å². The number of piperidine rings is 1. The second-order valence-corrected chi connectivity index (χ2v) is 7.54. The summed E-state index contributed by atoms with van der Waals surface area (Å²) < 4.78 is 5.42. The smallest absolute Gasteiger partial charge is 0.194 e. The fourth-order valence-corrected chi connectivity index (χ4v) is 3.58. The molecular weight excluding hydrogens is 324 g/mol. The van der Waals surface area contributed by atoms with Crippen LogP contribution in [0.15, 0.2) is 29.3 Å². The average molecular weight is 359 g/mol. The summed E-state index contributed by atoms with van der Waals surface area (Å²) in [6.07, 6.45) is 2.53. The van der Waals surface area contributed by atoms with Crippen molar-refractivity contribution in [2.24, 2.45) is 10.9 Å². The molecule has 2 aliphatic heterocycles. The van der Waals surface area contributed by atoms with Gasteiger partial charge in [0.2, 0.25) is 0 Å². The van der Waals surface area contributed by atoms with Crippen molar-refractivity contribution in [3.05, 3.63) is 35.4 Å². The van der Waals surface area contributed by atoms with Gasteiger partial charge in [0.05, 0.1) is 19.8 Å². The summed E-state index contributed by atoms with van der Waals surface area (Å²) in [5, 5.41) is 3.46. The number of hydrogen-bond donors (Lipinski definition) is 1. The van der Waals surface area contributed by atoms with Crippen LogP contribution in [0.5, 0.6) is 0 Å². The number of nitrogens with zero attached hydrogens (tertiary/aromatic N) is 3. The van der Waals surface area contributed by atoms with Crippen LogP contribution in [0.1, 0.15) is 37.8 Å². The van der Waals surface area contributed by atoms with E-state index in [2.05, 4.69) is 53.2 Å². The molecule has 0 amide bonds. The number of benzene rings is 1. The Labute approximate surface area is 158 Å². The SMILES string of the molecule is CCNC(=NCc1ccc(CN2CCOCC2)cc1)N1CCC(C)CC1. The Morgan fingerprint density at radius 2 is 1.73 bits per heavy atom. The van der Waals surface area contributed by atoms with E-state index in [0.717, 1.165) is 70.9 Å². The zero-order valence-corrected chi connectivity index (χ0v) is 16.4. The molecule has 2 aliphatic rings. The lowest BCUT2D eigenvalue weighted by atomic mass is 10.00. The van der Waals surface area contributed by atoms with Crippen molar-refractivity contribution in [2.75, 3.05) is 45.9 Å². The minimum atomic E-state index is 0.742. The molecule has 0 atom stereocenters. The standard InChI is InChI=1S/C21H34N4O/c1-3-22-21(25-10-8-18(2)9-11-25)23-16-19-4-6-20(7-5-19)17-24-12-14-26-15-13-24/h4-7,18H,3,8-17H2,1-2H3,(H,22,23). The third-order valence-corrected chi connectivity index (χ3v) is 5.36. The van der Waals surface area contributed by atoms with Crippen LogP contribution in [-0.2, 0) is 17.8 Å². The van der Waals surface area contributed by atoms with Crippen molar-refractivity contribution >= 4 is 5.96 Å². The van der Waals surface area contributed by atoms with Gasteiger partial charge in [0.15, 0.2) is 5.96 Å². The maximum Gasteiger partial charge on any atom is 0.194 e. The number of rotatable bonds is 5. The molecule has 5 nitrogen and oxygen atoms in total. The molecule has 0 aromatic heterocycles. The van der Waals surface area contributed by atoms with E-state index in [0.29, 0.717) is 0 Å². The van der Waals surface area contributed by atoms with E-state index >= 15 is 0 Å². The molecule has 0 radical (unpaired) electrons. The largest absolute Gasteiger partial charge is 0.379 e. The molecule has 5 heteroatoms. The first kappa shape index (κ1) is 19.2. The van der Waals surface area contributed by atoms with E-state index < -0.39 is 0 Å². The summed E-state index contributed by atoms with van der Waals surface area (Å²) in [6, 6.07) is 8.94. The lowest BCUT2D eigenvalue weighted by Crippen LogP contribution is -2.45. The van der Waals surface area contributed by atoms with Gasteiger partial charge >= 0.3 is 0 Å². The number of aliphatic imine (C=N–C) groups is 1. The first-order valence-electron chi connectivity index (χ1n) is 10.2. The Morgan fingerprint density at radius 3 is 2.38 bits per heavy atom. The first-order valence-corrected chi connectivity index (χ1v) is 10.2. The van der Waals surface area contributed by atoms with Crippen molar-refractivity contribution in [1.82, 2.24) is 15.1 Å². The minimum Gasteiger partial charge on any atom is -0.379 e. The average Bonchev–Trinajstić information content (AvgIpc) is 2.68. The zero-order valence-electron chi connectivity index (χ0n) is 16.4. The number of likely N-dealkylation sites (tertiary alicyclic amines) is 1. The Bertz CT molecular complexity index is 558. The van der Waals surface area contributed by atoms with E-state index in [4.69, 9.17) is 9.73 Å². The Morgan fingerprint density at radius 1 is 1.08 bits per heavy atom. The summed E-state index contributed by atoms with van der Waals surface area (Å²) in [6.45, 7) is 13.2. The van der Waals surface area contributed by atoms with Crippen molar-refractivity contribution < 1.29 is 4.74 Å². The molecule has 3 rings (SSSR count). The quantitative estimate of drug-likeness (QED) is 0.649. The van der Waals surface area contributed by atoms with Crippen LogP contribution in [0, 0.1) is 5.92 Å². The summed E-state index contributed by atoms with van der Waals surface area (Å²) in [4.78, 5) is 9.75. The van der Waals surface area contributed by atoms with Gasteiger partial charge in [-0.2, -0.15) is 0 Å². The number of morpholine rings is 1. The predicted molar refractivity (Wildman–Crippen MR) is 107 cm³/mol. The fraction of sp³-hybridized carbons (Fsp3) is 0.667. The van der Waals surface area contributed by atoms with Crippen LogP contribution < -0.4 is 5.32 Å². The van der Waals surface area contributed by atoms with Gasteiger partial charge < -0.3 is 15.0 Å². The molecule has 0 unspecified atom stereocenters. The normalized spacial score (nSPS) is 20.4. The fourth-order valence-electron chi connectivity index (χ4n) is 3.58. The van der Waals surface area contributed by atoms with Crippen LogP contribution in [0.3, 0.4) is 0 Å². The van der Waals surface area contributed by atoms with Gasteiger partial charge in [0.25, 0.3) is 0 Å². The van der Waals surface area contributed by atoms with Crippen LogP contribution >= 0.6 is 0 Å². The van der Waals surface area contributed by atoms with Crippen molar-refractivity contribution in [1.29, 1.82) is 0 Å². The highest BCUT2D eigenvalue weighted by molar-refractivity contribution is 5.80. The number of ether oxygens (including phenoxy) is 1. The summed E-state index contributed by atoms with van der Waals surface area (Å²) in [5.41, 5.74) is 2.65. The van der Waals surface area contributed by atoms with Crippen molar-refractivity contribution in [3.8, 4) is 0 Å².